The zero-order valence-electron chi connectivity index (χ0n) is 18.0. The molecule has 2 amide bonds. The van der Waals surface area contributed by atoms with Crippen LogP contribution in [0, 0.1) is 13.8 Å². The number of hydrogen-bond acceptors (Lipinski definition) is 6. The topological polar surface area (TPSA) is 117 Å². The van der Waals surface area contributed by atoms with Gasteiger partial charge >= 0.3 is 5.97 Å². The Kier molecular flexibility index (Phi) is 6.18. The van der Waals surface area contributed by atoms with Crippen LogP contribution in [-0.2, 0) is 28.9 Å². The highest BCUT2D eigenvalue weighted by atomic mass is 32.1. The third kappa shape index (κ3) is 4.34. The van der Waals surface area contributed by atoms with Gasteiger partial charge in [0, 0.05) is 16.3 Å². The summed E-state index contributed by atoms with van der Waals surface area (Å²) in [7, 11) is 0. The number of hydrogen-bond donors (Lipinski definition) is 2. The zero-order valence-corrected chi connectivity index (χ0v) is 18.8. The fourth-order valence-corrected chi connectivity index (χ4v) is 5.41. The molecule has 3 heterocycles. The van der Waals surface area contributed by atoms with E-state index >= 15 is 0 Å². The van der Waals surface area contributed by atoms with E-state index in [9.17, 15) is 14.4 Å². The van der Waals surface area contributed by atoms with Crippen molar-refractivity contribution < 1.29 is 23.5 Å². The van der Waals surface area contributed by atoms with Crippen LogP contribution >= 0.6 is 11.3 Å². The Morgan fingerprint density at radius 3 is 2.75 bits per heavy atom. The Morgan fingerprint density at radius 2 is 2.03 bits per heavy atom. The first kappa shape index (κ1) is 21.9. The molecule has 32 heavy (non-hydrogen) atoms. The minimum Gasteiger partial charge on any atom is -0.467 e. The second-order valence-corrected chi connectivity index (χ2v) is 8.96. The van der Waals surface area contributed by atoms with Crippen LogP contribution in [0.5, 0.6) is 0 Å². The van der Waals surface area contributed by atoms with Crippen LogP contribution in [0.4, 0.5) is 5.00 Å². The molecule has 3 aromatic rings. The molecule has 0 radical (unpaired) electrons. The number of nitrogens with two attached hydrogens (primary N) is 1. The lowest BCUT2D eigenvalue weighted by Gasteiger charge is -2.11. The predicted molar refractivity (Wildman–Crippen MR) is 120 cm³/mol. The Labute approximate surface area is 189 Å². The molecule has 0 spiro atoms. The highest BCUT2D eigenvalue weighted by Crippen LogP contribution is 2.37. The fourth-order valence-electron chi connectivity index (χ4n) is 4.10. The number of esters is 1. The number of aryl methyl sites for hydroxylation is 2. The standard InChI is InChI=1S/C23H25N3O5S/c1-13-10-17(14(2)26(13)11-15-6-5-9-30-15)23(29)31-12-19(27)25-22-20(21(24)28)16-7-3-4-8-18(16)32-22/h5-6,9-10H,3-4,7-8,11-12H2,1-2H3,(H2,24,28)(H,25,27). The summed E-state index contributed by atoms with van der Waals surface area (Å²) in [5, 5.41) is 3.13. The molecule has 3 N–H and O–H groups in total. The van der Waals surface area contributed by atoms with Crippen molar-refractivity contribution in [1.82, 2.24) is 4.57 Å². The average Bonchev–Trinajstić information content (AvgIpc) is 3.46. The van der Waals surface area contributed by atoms with Crippen LogP contribution in [0.2, 0.25) is 0 Å². The van der Waals surface area contributed by atoms with Gasteiger partial charge in [-0.1, -0.05) is 0 Å². The number of primary amides is 1. The van der Waals surface area contributed by atoms with E-state index in [1.54, 1.807) is 12.3 Å². The molecule has 4 rings (SSSR count). The largest absolute Gasteiger partial charge is 0.467 e. The van der Waals surface area contributed by atoms with Gasteiger partial charge in [0.2, 0.25) is 0 Å². The van der Waals surface area contributed by atoms with Gasteiger partial charge in [-0.25, -0.2) is 4.79 Å². The number of nitrogens with one attached hydrogen (secondary N) is 1. The lowest BCUT2D eigenvalue weighted by Crippen LogP contribution is -2.23. The summed E-state index contributed by atoms with van der Waals surface area (Å²) in [6.07, 6.45) is 5.30. The first-order chi connectivity index (χ1) is 15.3. The van der Waals surface area contributed by atoms with Crippen molar-refractivity contribution in [2.75, 3.05) is 11.9 Å². The molecule has 0 saturated carbocycles. The molecular weight excluding hydrogens is 430 g/mol. The van der Waals surface area contributed by atoms with Gasteiger partial charge in [-0.2, -0.15) is 0 Å². The summed E-state index contributed by atoms with van der Waals surface area (Å²) in [6, 6.07) is 5.41. The van der Waals surface area contributed by atoms with Gasteiger partial charge in [-0.3, -0.25) is 9.59 Å². The van der Waals surface area contributed by atoms with E-state index in [4.69, 9.17) is 14.9 Å². The zero-order chi connectivity index (χ0) is 22.8. The maximum Gasteiger partial charge on any atom is 0.340 e. The molecule has 1 aliphatic carbocycles. The Hall–Kier alpha value is -3.33. The van der Waals surface area contributed by atoms with Crippen molar-refractivity contribution in [2.45, 2.75) is 46.1 Å². The summed E-state index contributed by atoms with van der Waals surface area (Å²) >= 11 is 1.37. The maximum atomic E-state index is 12.6. The highest BCUT2D eigenvalue weighted by Gasteiger charge is 2.25. The van der Waals surface area contributed by atoms with E-state index < -0.39 is 24.4 Å². The minimum atomic E-state index is -0.584. The van der Waals surface area contributed by atoms with Crippen LogP contribution < -0.4 is 11.1 Å². The van der Waals surface area contributed by atoms with E-state index in [1.165, 1.54) is 11.3 Å². The van der Waals surface area contributed by atoms with Crippen molar-refractivity contribution >= 4 is 34.1 Å². The number of furan rings is 1. The lowest BCUT2D eigenvalue weighted by atomic mass is 9.95. The molecular formula is C23H25N3O5S. The predicted octanol–water partition coefficient (Wildman–Crippen LogP) is 3.58. The summed E-state index contributed by atoms with van der Waals surface area (Å²) in [4.78, 5) is 38.1. The first-order valence-electron chi connectivity index (χ1n) is 10.5. The fraction of sp³-hybridized carbons (Fsp3) is 0.348. The molecule has 0 aliphatic heterocycles. The smallest absolute Gasteiger partial charge is 0.340 e. The average molecular weight is 456 g/mol. The van der Waals surface area contributed by atoms with E-state index in [0.29, 0.717) is 22.7 Å². The van der Waals surface area contributed by atoms with E-state index in [0.717, 1.165) is 53.3 Å². The van der Waals surface area contributed by atoms with Gasteiger partial charge in [-0.15, -0.1) is 11.3 Å². The van der Waals surface area contributed by atoms with Crippen molar-refractivity contribution in [3.05, 3.63) is 63.2 Å². The molecule has 0 atom stereocenters. The Balaban J connectivity index is 1.41. The number of nitrogens with zero attached hydrogens (tertiary/aromatic N) is 1. The van der Waals surface area contributed by atoms with Gasteiger partial charge in [0.1, 0.15) is 10.8 Å². The van der Waals surface area contributed by atoms with E-state index in [1.807, 2.05) is 30.5 Å². The van der Waals surface area contributed by atoms with Crippen molar-refractivity contribution in [3.63, 3.8) is 0 Å². The lowest BCUT2D eigenvalue weighted by molar-refractivity contribution is -0.119. The number of carbonyl (C=O) groups excluding carboxylic acids is 3. The maximum absolute atomic E-state index is 12.6. The molecule has 0 unspecified atom stereocenters. The number of anilines is 1. The van der Waals surface area contributed by atoms with Crippen molar-refractivity contribution in [1.29, 1.82) is 0 Å². The molecule has 1 aliphatic rings. The van der Waals surface area contributed by atoms with Crippen LogP contribution in [0.15, 0.2) is 28.9 Å². The molecule has 0 aromatic carbocycles. The first-order valence-corrected chi connectivity index (χ1v) is 11.3. The number of ether oxygens (including phenoxy) is 1. The summed E-state index contributed by atoms with van der Waals surface area (Å²) in [5.74, 6) is -0.876. The summed E-state index contributed by atoms with van der Waals surface area (Å²) < 4.78 is 12.6. The van der Waals surface area contributed by atoms with Gasteiger partial charge in [-0.05, 0) is 63.3 Å². The number of amides is 2. The Morgan fingerprint density at radius 1 is 1.25 bits per heavy atom. The van der Waals surface area contributed by atoms with Gasteiger partial charge in [0.05, 0.1) is 23.9 Å². The second-order valence-electron chi connectivity index (χ2n) is 7.85. The Bertz CT molecular complexity index is 1170. The normalized spacial score (nSPS) is 12.9. The van der Waals surface area contributed by atoms with Gasteiger partial charge in [0.25, 0.3) is 11.8 Å². The molecule has 0 bridgehead atoms. The highest BCUT2D eigenvalue weighted by molar-refractivity contribution is 7.17. The SMILES string of the molecule is Cc1cc(C(=O)OCC(=O)Nc2sc3c(c2C(N)=O)CCCC3)c(C)n1Cc1ccco1. The molecule has 0 saturated heterocycles. The summed E-state index contributed by atoms with van der Waals surface area (Å²) in [5.41, 5.74) is 8.88. The van der Waals surface area contributed by atoms with Gasteiger partial charge in [0.15, 0.2) is 6.61 Å². The molecule has 9 heteroatoms. The van der Waals surface area contributed by atoms with Crippen LogP contribution in [0.3, 0.4) is 0 Å². The number of carbonyl (C=O) groups is 3. The van der Waals surface area contributed by atoms with Crippen LogP contribution in [0.1, 0.15) is 61.1 Å². The van der Waals surface area contributed by atoms with E-state index in [-0.39, 0.29) is 0 Å². The van der Waals surface area contributed by atoms with Gasteiger partial charge < -0.3 is 24.8 Å². The number of thiophene rings is 1. The molecule has 168 valence electrons. The third-order valence-corrected chi connectivity index (χ3v) is 6.90. The van der Waals surface area contributed by atoms with Crippen LogP contribution in [-0.4, -0.2) is 29.0 Å². The molecule has 3 aromatic heterocycles. The quantitative estimate of drug-likeness (QED) is 0.528. The van der Waals surface area contributed by atoms with E-state index in [2.05, 4.69) is 5.32 Å². The molecule has 8 nitrogen and oxygen atoms in total. The number of fused-ring (bicyclic) bond motifs is 1. The minimum absolute atomic E-state index is 0.380. The van der Waals surface area contributed by atoms with Crippen LogP contribution in [0.25, 0.3) is 0 Å². The molecule has 0 fully saturated rings. The third-order valence-electron chi connectivity index (χ3n) is 5.69. The van der Waals surface area contributed by atoms with Crippen molar-refractivity contribution in [2.24, 2.45) is 5.73 Å². The number of aromatic nitrogens is 1. The number of rotatable bonds is 7. The second kappa shape index (κ2) is 9.04. The monoisotopic (exact) mass is 455 g/mol. The van der Waals surface area contributed by atoms with Crippen molar-refractivity contribution in [3.8, 4) is 0 Å². The summed E-state index contributed by atoms with van der Waals surface area (Å²) in [6.45, 7) is 3.75.